The monoisotopic (exact) mass is 279 g/mol. The highest BCUT2D eigenvalue weighted by Gasteiger charge is 2.24. The highest BCUT2D eigenvalue weighted by Crippen LogP contribution is 2.38. The number of fused-ring (bicyclic) bond motifs is 1. The fourth-order valence-electron chi connectivity index (χ4n) is 2.62. The van der Waals surface area contributed by atoms with Crippen LogP contribution in [0, 0.1) is 0 Å². The van der Waals surface area contributed by atoms with Gasteiger partial charge in [-0.3, -0.25) is 0 Å². The summed E-state index contributed by atoms with van der Waals surface area (Å²) in [5.41, 5.74) is 2.84. The lowest BCUT2D eigenvalue weighted by molar-refractivity contribution is 0.336. The molecule has 2 rings (SSSR count). The lowest BCUT2D eigenvalue weighted by Gasteiger charge is -2.21. The van der Waals surface area contributed by atoms with E-state index in [9.17, 15) is 0 Å². The molecule has 1 heterocycles. The molecule has 1 aliphatic rings. The van der Waals surface area contributed by atoms with E-state index in [1.54, 1.807) is 0 Å². The van der Waals surface area contributed by atoms with Crippen LogP contribution < -0.4 is 10.1 Å². The highest BCUT2D eigenvalue weighted by molar-refractivity contribution is 7.99. The van der Waals surface area contributed by atoms with E-state index in [2.05, 4.69) is 44.3 Å². The van der Waals surface area contributed by atoms with Gasteiger partial charge >= 0.3 is 0 Å². The Morgan fingerprint density at radius 2 is 2.21 bits per heavy atom. The molecular formula is C16H25NOS. The van der Waals surface area contributed by atoms with E-state index in [1.165, 1.54) is 24.0 Å². The Labute approximate surface area is 121 Å². The average molecular weight is 279 g/mol. The second-order valence-electron chi connectivity index (χ2n) is 5.12. The molecule has 0 aliphatic carbocycles. The molecule has 0 saturated heterocycles. The van der Waals surface area contributed by atoms with Gasteiger partial charge in [0.05, 0.1) is 6.61 Å². The largest absolute Gasteiger partial charge is 0.494 e. The summed E-state index contributed by atoms with van der Waals surface area (Å²) in [7, 11) is 0. The fourth-order valence-corrected chi connectivity index (χ4v) is 3.71. The van der Waals surface area contributed by atoms with Crippen molar-refractivity contribution in [3.05, 3.63) is 29.3 Å². The Bertz CT molecular complexity index is 408. The summed E-state index contributed by atoms with van der Waals surface area (Å²) in [6.45, 7) is 8.43. The smallest absolute Gasteiger partial charge is 0.123 e. The first-order valence-corrected chi connectivity index (χ1v) is 8.40. The van der Waals surface area contributed by atoms with Crippen LogP contribution in [0.4, 0.5) is 0 Å². The maximum Gasteiger partial charge on any atom is 0.123 e. The molecule has 2 nitrogen and oxygen atoms in total. The molecule has 2 atom stereocenters. The second-order valence-corrected chi connectivity index (χ2v) is 6.55. The van der Waals surface area contributed by atoms with Gasteiger partial charge in [0.2, 0.25) is 0 Å². The molecule has 1 aromatic carbocycles. The average Bonchev–Trinajstić information content (AvgIpc) is 2.57. The molecule has 0 fully saturated rings. The minimum atomic E-state index is 0.473. The lowest BCUT2D eigenvalue weighted by atomic mass is 9.97. The van der Waals surface area contributed by atoms with Crippen molar-refractivity contribution < 1.29 is 4.74 Å². The van der Waals surface area contributed by atoms with Crippen molar-refractivity contribution in [1.29, 1.82) is 0 Å². The Balaban J connectivity index is 2.30. The Morgan fingerprint density at radius 1 is 1.37 bits per heavy atom. The zero-order valence-electron chi connectivity index (χ0n) is 12.2. The van der Waals surface area contributed by atoms with Gasteiger partial charge in [0.1, 0.15) is 5.75 Å². The number of hydrogen-bond donors (Lipinski definition) is 1. The standard InChI is InChI=1S/C16H25NOS/c1-4-9-17-15-10-12(3)19-11-14-13(15)7-6-8-16(14)18-5-2/h6-8,12,15,17H,4-5,9-11H2,1-3H3. The van der Waals surface area contributed by atoms with Crippen molar-refractivity contribution in [3.8, 4) is 5.75 Å². The van der Waals surface area contributed by atoms with Gasteiger partial charge < -0.3 is 10.1 Å². The molecule has 0 bridgehead atoms. The van der Waals surface area contributed by atoms with Crippen LogP contribution in [0.25, 0.3) is 0 Å². The number of benzene rings is 1. The van der Waals surface area contributed by atoms with Gasteiger partial charge in [-0.15, -0.1) is 0 Å². The van der Waals surface area contributed by atoms with Gasteiger partial charge in [0.25, 0.3) is 0 Å². The van der Waals surface area contributed by atoms with Gasteiger partial charge in [-0.05, 0) is 37.9 Å². The van der Waals surface area contributed by atoms with E-state index in [0.717, 1.165) is 24.7 Å². The van der Waals surface area contributed by atoms with Crippen molar-refractivity contribution in [3.63, 3.8) is 0 Å². The molecular weight excluding hydrogens is 254 g/mol. The number of rotatable bonds is 5. The van der Waals surface area contributed by atoms with E-state index in [4.69, 9.17) is 4.74 Å². The number of thioether (sulfide) groups is 1. The van der Waals surface area contributed by atoms with Gasteiger partial charge in [-0.2, -0.15) is 11.8 Å². The SMILES string of the molecule is CCCNC1CC(C)SCc2c(OCC)cccc21. The molecule has 0 amide bonds. The zero-order valence-corrected chi connectivity index (χ0v) is 13.1. The fraction of sp³-hybridized carbons (Fsp3) is 0.625. The van der Waals surface area contributed by atoms with E-state index < -0.39 is 0 Å². The minimum Gasteiger partial charge on any atom is -0.494 e. The van der Waals surface area contributed by atoms with Crippen molar-refractivity contribution in [2.75, 3.05) is 13.2 Å². The summed E-state index contributed by atoms with van der Waals surface area (Å²) in [6, 6.07) is 6.98. The van der Waals surface area contributed by atoms with Gasteiger partial charge in [-0.25, -0.2) is 0 Å². The van der Waals surface area contributed by atoms with Crippen LogP contribution in [0.3, 0.4) is 0 Å². The molecule has 0 aromatic heterocycles. The van der Waals surface area contributed by atoms with Crippen LogP contribution in [0.2, 0.25) is 0 Å². The minimum absolute atomic E-state index is 0.473. The van der Waals surface area contributed by atoms with Gasteiger partial charge in [-0.1, -0.05) is 26.0 Å². The third-order valence-corrected chi connectivity index (χ3v) is 4.78. The number of nitrogens with one attached hydrogen (secondary N) is 1. The lowest BCUT2D eigenvalue weighted by Crippen LogP contribution is -2.24. The first-order valence-electron chi connectivity index (χ1n) is 7.35. The summed E-state index contributed by atoms with van der Waals surface area (Å²) in [5, 5.41) is 4.39. The molecule has 1 aliphatic heterocycles. The van der Waals surface area contributed by atoms with E-state index in [-0.39, 0.29) is 0 Å². The first-order chi connectivity index (χ1) is 9.26. The molecule has 3 heteroatoms. The van der Waals surface area contributed by atoms with Crippen LogP contribution in [0.5, 0.6) is 5.75 Å². The molecule has 1 N–H and O–H groups in total. The van der Waals surface area contributed by atoms with E-state index >= 15 is 0 Å². The van der Waals surface area contributed by atoms with Crippen molar-refractivity contribution in [1.82, 2.24) is 5.32 Å². The van der Waals surface area contributed by atoms with Crippen LogP contribution >= 0.6 is 11.8 Å². The second kappa shape index (κ2) is 7.20. The molecule has 2 unspecified atom stereocenters. The quantitative estimate of drug-likeness (QED) is 0.875. The normalized spacial score (nSPS) is 22.7. The Hall–Kier alpha value is -0.670. The summed E-state index contributed by atoms with van der Waals surface area (Å²) >= 11 is 2.04. The van der Waals surface area contributed by atoms with E-state index in [0.29, 0.717) is 11.3 Å². The van der Waals surface area contributed by atoms with Crippen LogP contribution in [-0.2, 0) is 5.75 Å². The predicted molar refractivity (Wildman–Crippen MR) is 84.0 cm³/mol. The Kier molecular flexibility index (Phi) is 5.59. The number of ether oxygens (including phenoxy) is 1. The van der Waals surface area contributed by atoms with Crippen molar-refractivity contribution in [2.24, 2.45) is 0 Å². The van der Waals surface area contributed by atoms with Crippen LogP contribution in [-0.4, -0.2) is 18.4 Å². The van der Waals surface area contributed by atoms with Crippen LogP contribution in [0.15, 0.2) is 18.2 Å². The van der Waals surface area contributed by atoms with E-state index in [1.807, 2.05) is 11.8 Å². The van der Waals surface area contributed by atoms with Crippen molar-refractivity contribution in [2.45, 2.75) is 50.7 Å². The Morgan fingerprint density at radius 3 is 2.95 bits per heavy atom. The summed E-state index contributed by atoms with van der Waals surface area (Å²) in [6.07, 6.45) is 2.38. The maximum atomic E-state index is 5.81. The molecule has 106 valence electrons. The maximum absolute atomic E-state index is 5.81. The molecule has 0 saturated carbocycles. The summed E-state index contributed by atoms with van der Waals surface area (Å²) < 4.78 is 5.81. The third-order valence-electron chi connectivity index (χ3n) is 3.57. The summed E-state index contributed by atoms with van der Waals surface area (Å²) in [5.74, 6) is 2.14. The first kappa shape index (κ1) is 14.7. The number of hydrogen-bond acceptors (Lipinski definition) is 3. The molecule has 1 aromatic rings. The van der Waals surface area contributed by atoms with Gasteiger partial charge in [0.15, 0.2) is 0 Å². The van der Waals surface area contributed by atoms with Crippen LogP contribution in [0.1, 0.15) is 50.8 Å². The molecule has 0 radical (unpaired) electrons. The summed E-state index contributed by atoms with van der Waals surface area (Å²) in [4.78, 5) is 0. The molecule has 0 spiro atoms. The van der Waals surface area contributed by atoms with Crippen molar-refractivity contribution >= 4 is 11.8 Å². The van der Waals surface area contributed by atoms with Gasteiger partial charge in [0, 0.05) is 22.6 Å². The topological polar surface area (TPSA) is 21.3 Å². The highest BCUT2D eigenvalue weighted by atomic mass is 32.2. The predicted octanol–water partition coefficient (Wildman–Crippen LogP) is 4.15. The zero-order chi connectivity index (χ0) is 13.7. The third kappa shape index (κ3) is 3.67. The molecule has 19 heavy (non-hydrogen) atoms.